The van der Waals surface area contributed by atoms with Crippen molar-refractivity contribution in [2.45, 2.75) is 0 Å². The largest absolute Gasteiger partial charge is 0.456 e. The van der Waals surface area contributed by atoms with E-state index < -0.39 is 0 Å². The van der Waals surface area contributed by atoms with Crippen molar-refractivity contribution in [3.8, 4) is 61.3 Å². The van der Waals surface area contributed by atoms with Gasteiger partial charge in [-0.2, -0.15) is 0 Å². The Bertz CT molecular complexity index is 4020. The first kappa shape index (κ1) is 40.1. The zero-order valence-corrected chi connectivity index (χ0v) is 37.7. The van der Waals surface area contributed by atoms with Gasteiger partial charge in [0.05, 0.1) is 11.0 Å². The van der Waals surface area contributed by atoms with E-state index in [-0.39, 0.29) is 0 Å². The molecule has 0 N–H and O–H groups in total. The molecule has 0 aliphatic heterocycles. The molecule has 0 bridgehead atoms. The minimum Gasteiger partial charge on any atom is -0.456 e. The fourth-order valence-corrected chi connectivity index (χ4v) is 10.2. The van der Waals surface area contributed by atoms with Gasteiger partial charge in [0.25, 0.3) is 0 Å². The molecule has 2 heterocycles. The maximum atomic E-state index is 6.44. The first-order chi connectivity index (χ1) is 34.2. The van der Waals surface area contributed by atoms with Gasteiger partial charge in [-0.25, -0.2) is 0 Å². The van der Waals surface area contributed by atoms with Crippen LogP contribution in [0.15, 0.2) is 271 Å². The third kappa shape index (κ3) is 7.34. The van der Waals surface area contributed by atoms with E-state index in [2.05, 4.69) is 264 Å². The second-order valence-corrected chi connectivity index (χ2v) is 17.7. The maximum Gasteiger partial charge on any atom is 0.136 e. The molecule has 0 radical (unpaired) electrons. The molecule has 0 saturated carbocycles. The summed E-state index contributed by atoms with van der Waals surface area (Å²) >= 11 is 0. The Morgan fingerprint density at radius 1 is 0.246 bits per heavy atom. The summed E-state index contributed by atoms with van der Waals surface area (Å²) < 4.78 is 8.82. The number of rotatable bonds is 9. The third-order valence-electron chi connectivity index (χ3n) is 13.5. The van der Waals surface area contributed by atoms with Crippen LogP contribution in [0.5, 0.6) is 0 Å². The molecule has 0 fully saturated rings. The van der Waals surface area contributed by atoms with E-state index in [1.54, 1.807) is 0 Å². The Labute approximate surface area is 401 Å². The van der Waals surface area contributed by atoms with Gasteiger partial charge in [0.1, 0.15) is 11.2 Å². The number of furan rings is 1. The highest BCUT2D eigenvalue weighted by Crippen LogP contribution is 2.42. The number of aromatic nitrogens is 1. The fourth-order valence-electron chi connectivity index (χ4n) is 10.2. The lowest BCUT2D eigenvalue weighted by Gasteiger charge is -2.26. The van der Waals surface area contributed by atoms with Gasteiger partial charge in [-0.15, -0.1) is 0 Å². The van der Waals surface area contributed by atoms with Crippen molar-refractivity contribution in [1.29, 1.82) is 0 Å². The van der Waals surface area contributed by atoms with Crippen molar-refractivity contribution in [2.75, 3.05) is 4.90 Å². The highest BCUT2D eigenvalue weighted by Gasteiger charge is 2.18. The van der Waals surface area contributed by atoms with Crippen molar-refractivity contribution < 1.29 is 4.42 Å². The van der Waals surface area contributed by atoms with Crippen molar-refractivity contribution in [2.24, 2.45) is 0 Å². The Balaban J connectivity index is 0.940. The number of nitrogens with zero attached hydrogens (tertiary/aromatic N) is 2. The lowest BCUT2D eigenvalue weighted by molar-refractivity contribution is 0.669. The van der Waals surface area contributed by atoms with Gasteiger partial charge in [0.15, 0.2) is 0 Å². The van der Waals surface area contributed by atoms with Crippen molar-refractivity contribution >= 4 is 60.8 Å². The monoisotopic (exact) mass is 880 g/mol. The molecule has 0 unspecified atom stereocenters. The smallest absolute Gasteiger partial charge is 0.136 e. The number of para-hydroxylation sites is 4. The van der Waals surface area contributed by atoms with Crippen LogP contribution in [0.1, 0.15) is 0 Å². The van der Waals surface area contributed by atoms with Crippen molar-refractivity contribution in [1.82, 2.24) is 4.57 Å². The number of fused-ring (bicyclic) bond motifs is 6. The topological polar surface area (TPSA) is 21.3 Å². The van der Waals surface area contributed by atoms with E-state index in [1.807, 2.05) is 12.1 Å². The van der Waals surface area contributed by atoms with E-state index in [9.17, 15) is 0 Å². The molecule has 11 aromatic carbocycles. The van der Waals surface area contributed by atoms with E-state index in [0.717, 1.165) is 89.2 Å². The SMILES string of the molecule is c1ccc(-c2cccc(N(c3ccccc3)c3cccc(-c4cccc(-c5cc(-c6ccc7c(c6)oc6ccccc67)cc(-c6ccc7c(c6)c6ccccc6n7-c6ccccc6)c5)c4)c3)c2)cc1. The normalized spacial score (nSPS) is 11.5. The summed E-state index contributed by atoms with van der Waals surface area (Å²) in [6.07, 6.45) is 0. The molecule has 0 atom stereocenters. The highest BCUT2D eigenvalue weighted by molar-refractivity contribution is 6.11. The average molecular weight is 881 g/mol. The third-order valence-corrected chi connectivity index (χ3v) is 13.5. The predicted molar refractivity (Wildman–Crippen MR) is 290 cm³/mol. The molecule has 0 aliphatic rings. The maximum absolute atomic E-state index is 6.44. The summed E-state index contributed by atoms with van der Waals surface area (Å²) in [5.41, 5.74) is 20.1. The summed E-state index contributed by atoms with van der Waals surface area (Å²) in [5.74, 6) is 0. The minimum atomic E-state index is 0.883. The van der Waals surface area contributed by atoms with Crippen LogP contribution in [-0.2, 0) is 0 Å². The Morgan fingerprint density at radius 3 is 1.41 bits per heavy atom. The molecular weight excluding hydrogens is 837 g/mol. The lowest BCUT2D eigenvalue weighted by atomic mass is 9.91. The van der Waals surface area contributed by atoms with Crippen LogP contribution in [-0.4, -0.2) is 4.57 Å². The molecule has 3 heteroatoms. The zero-order chi connectivity index (χ0) is 45.7. The quantitative estimate of drug-likeness (QED) is 0.144. The molecule has 0 saturated heterocycles. The van der Waals surface area contributed by atoms with E-state index in [1.165, 1.54) is 32.9 Å². The minimum absolute atomic E-state index is 0.883. The van der Waals surface area contributed by atoms with Gasteiger partial charge >= 0.3 is 0 Å². The van der Waals surface area contributed by atoms with Crippen LogP contribution in [0.4, 0.5) is 17.1 Å². The van der Waals surface area contributed by atoms with Crippen LogP contribution >= 0.6 is 0 Å². The molecule has 69 heavy (non-hydrogen) atoms. The second-order valence-electron chi connectivity index (χ2n) is 17.7. The summed E-state index contributed by atoms with van der Waals surface area (Å²) in [6, 6.07) is 96.2. The van der Waals surface area contributed by atoms with Gasteiger partial charge in [0.2, 0.25) is 0 Å². The van der Waals surface area contributed by atoms with E-state index in [4.69, 9.17) is 4.42 Å². The summed E-state index contributed by atoms with van der Waals surface area (Å²) in [6.45, 7) is 0. The molecule has 2 aromatic heterocycles. The lowest BCUT2D eigenvalue weighted by Crippen LogP contribution is -2.10. The van der Waals surface area contributed by atoms with Gasteiger partial charge in [-0.3, -0.25) is 0 Å². The van der Waals surface area contributed by atoms with Crippen molar-refractivity contribution in [3.05, 3.63) is 267 Å². The number of benzene rings is 11. The summed E-state index contributed by atoms with van der Waals surface area (Å²) in [5, 5.41) is 4.70. The molecule has 13 aromatic rings. The highest BCUT2D eigenvalue weighted by atomic mass is 16.3. The van der Waals surface area contributed by atoms with E-state index in [0.29, 0.717) is 0 Å². The summed E-state index contributed by atoms with van der Waals surface area (Å²) in [4.78, 5) is 2.35. The molecule has 3 nitrogen and oxygen atoms in total. The van der Waals surface area contributed by atoms with Crippen LogP contribution in [0, 0.1) is 0 Å². The van der Waals surface area contributed by atoms with E-state index >= 15 is 0 Å². The molecule has 0 aliphatic carbocycles. The number of hydrogen-bond donors (Lipinski definition) is 0. The van der Waals surface area contributed by atoms with Crippen LogP contribution in [0.3, 0.4) is 0 Å². The van der Waals surface area contributed by atoms with Crippen LogP contribution in [0.2, 0.25) is 0 Å². The molecular formula is C66H44N2O. The van der Waals surface area contributed by atoms with Crippen LogP contribution in [0.25, 0.3) is 105 Å². The molecule has 324 valence electrons. The first-order valence-corrected chi connectivity index (χ1v) is 23.6. The average Bonchev–Trinajstić information content (AvgIpc) is 3.97. The molecule has 0 amide bonds. The Morgan fingerprint density at radius 2 is 0.696 bits per heavy atom. The van der Waals surface area contributed by atoms with Crippen LogP contribution < -0.4 is 4.90 Å². The predicted octanol–water partition coefficient (Wildman–Crippen LogP) is 18.5. The number of anilines is 3. The fraction of sp³-hybridized carbons (Fsp3) is 0. The first-order valence-electron chi connectivity index (χ1n) is 23.6. The number of hydrogen-bond acceptors (Lipinski definition) is 2. The molecule has 13 rings (SSSR count). The second kappa shape index (κ2) is 16.9. The standard InChI is InChI=1S/C66H44N2O/c1-4-17-45(18-5-1)48-21-15-27-57(41-48)67(55-23-6-2-7-24-55)58-28-16-22-49(42-58)46-19-14-20-47(37-46)52-38-53(40-54(39-52)51-33-35-61-60-30-11-13-32-65(60)69-66(61)44-51)50-34-36-64-62(43-50)59-29-10-12-31-63(59)68(64)56-25-8-3-9-26-56/h1-44H. The molecule has 0 spiro atoms. The summed E-state index contributed by atoms with van der Waals surface area (Å²) in [7, 11) is 0. The van der Waals surface area contributed by atoms with Gasteiger partial charge in [-0.1, -0.05) is 158 Å². The van der Waals surface area contributed by atoms with Gasteiger partial charge < -0.3 is 13.9 Å². The van der Waals surface area contributed by atoms with Crippen molar-refractivity contribution in [3.63, 3.8) is 0 Å². The zero-order valence-electron chi connectivity index (χ0n) is 37.7. The Kier molecular flexibility index (Phi) is 9.84. The Hall–Kier alpha value is -9.18. The van der Waals surface area contributed by atoms with Gasteiger partial charge in [-0.05, 0) is 165 Å². The van der Waals surface area contributed by atoms with Gasteiger partial charge in [0, 0.05) is 44.3 Å².